The van der Waals surface area contributed by atoms with E-state index in [-0.39, 0.29) is 18.2 Å². The van der Waals surface area contributed by atoms with Crippen molar-refractivity contribution in [2.45, 2.75) is 25.4 Å². The first kappa shape index (κ1) is 17.9. The number of nitrogens with zero attached hydrogens (tertiary/aromatic N) is 2. The van der Waals surface area contributed by atoms with Gasteiger partial charge in [-0.3, -0.25) is 9.40 Å². The maximum atomic E-state index is 14.7. The molecule has 1 aliphatic heterocycles. The Hall–Kier alpha value is -2.91. The van der Waals surface area contributed by atoms with Crippen molar-refractivity contribution in [3.05, 3.63) is 70.2 Å². The number of ether oxygens (including phenoxy) is 1. The summed E-state index contributed by atoms with van der Waals surface area (Å²) in [5.41, 5.74) is 0.293. The van der Waals surface area contributed by atoms with Crippen molar-refractivity contribution in [1.29, 1.82) is 0 Å². The third kappa shape index (κ3) is 3.39. The maximum absolute atomic E-state index is 14.7. The van der Waals surface area contributed by atoms with E-state index in [0.717, 1.165) is 17.1 Å². The molecule has 0 spiro atoms. The van der Waals surface area contributed by atoms with E-state index in [4.69, 9.17) is 14.7 Å². The fourth-order valence-electron chi connectivity index (χ4n) is 2.54. The van der Waals surface area contributed by atoms with Crippen molar-refractivity contribution in [1.82, 2.24) is 9.55 Å². The molecule has 8 nitrogen and oxygen atoms in total. The van der Waals surface area contributed by atoms with Crippen molar-refractivity contribution in [3.8, 4) is 0 Å². The molecule has 1 aromatic carbocycles. The molecule has 2 aromatic rings. The van der Waals surface area contributed by atoms with Gasteiger partial charge in [0.15, 0.2) is 17.3 Å². The van der Waals surface area contributed by atoms with Crippen molar-refractivity contribution in [2.24, 2.45) is 0 Å². The minimum atomic E-state index is -2.37. The molecule has 0 amide bonds. The molecule has 0 bridgehead atoms. The van der Waals surface area contributed by atoms with E-state index in [2.05, 4.69) is 10.5 Å². The number of alkyl halides is 1. The first-order valence-electron chi connectivity index (χ1n) is 7.83. The molecule has 9 heteroatoms. The van der Waals surface area contributed by atoms with E-state index in [1.54, 1.807) is 0 Å². The predicted molar refractivity (Wildman–Crippen MR) is 89.7 cm³/mol. The highest BCUT2D eigenvalue weighted by molar-refractivity contribution is 5.29. The molecular weight excluding hydrogens is 345 g/mol. The number of anilines is 1. The molecule has 2 heterocycles. The van der Waals surface area contributed by atoms with Crippen LogP contribution in [0.2, 0.25) is 0 Å². The van der Waals surface area contributed by atoms with Gasteiger partial charge in [0.05, 0.1) is 6.61 Å². The monoisotopic (exact) mass is 363 g/mol. The lowest BCUT2D eigenvalue weighted by atomic mass is 10.1. The SMILES string of the molecule is CC1(F)C(O)=C(CO)O[C@H]1n1ccc(NOCc2ccccc2)nc1=O. The van der Waals surface area contributed by atoms with Crippen LogP contribution in [-0.2, 0) is 16.2 Å². The van der Waals surface area contributed by atoms with Gasteiger partial charge in [0.25, 0.3) is 0 Å². The molecule has 3 N–H and O–H groups in total. The normalized spacial score (nSPS) is 22.3. The van der Waals surface area contributed by atoms with E-state index in [1.165, 1.54) is 12.3 Å². The lowest BCUT2D eigenvalue weighted by molar-refractivity contribution is -0.0308. The third-order valence-corrected chi connectivity index (χ3v) is 3.93. The first-order valence-corrected chi connectivity index (χ1v) is 7.83. The van der Waals surface area contributed by atoms with Gasteiger partial charge in [-0.1, -0.05) is 30.3 Å². The number of nitrogens with one attached hydrogen (secondary N) is 1. The average Bonchev–Trinajstić information content (AvgIpc) is 2.86. The summed E-state index contributed by atoms with van der Waals surface area (Å²) in [5, 5.41) is 18.9. The van der Waals surface area contributed by atoms with Crippen LogP contribution in [0.5, 0.6) is 0 Å². The Kier molecular flexibility index (Phi) is 4.92. The molecular formula is C17H18FN3O5. The Morgan fingerprint density at radius 1 is 1.38 bits per heavy atom. The van der Waals surface area contributed by atoms with E-state index >= 15 is 0 Å². The quantitative estimate of drug-likeness (QED) is 0.672. The maximum Gasteiger partial charge on any atom is 0.352 e. The number of hydrogen-bond acceptors (Lipinski definition) is 7. The molecule has 0 saturated carbocycles. The van der Waals surface area contributed by atoms with Crippen molar-refractivity contribution >= 4 is 5.82 Å². The highest BCUT2D eigenvalue weighted by atomic mass is 19.1. The second-order valence-electron chi connectivity index (χ2n) is 5.85. The summed E-state index contributed by atoms with van der Waals surface area (Å²) in [7, 11) is 0. The van der Waals surface area contributed by atoms with E-state index in [9.17, 15) is 14.3 Å². The van der Waals surface area contributed by atoms with Crippen LogP contribution >= 0.6 is 0 Å². The Bertz CT molecular complexity index is 866. The molecule has 2 atom stereocenters. The molecule has 3 rings (SSSR count). The second-order valence-corrected chi connectivity index (χ2v) is 5.85. The van der Waals surface area contributed by atoms with E-state index in [1.807, 2.05) is 30.3 Å². The lowest BCUT2D eigenvalue weighted by Gasteiger charge is -2.23. The number of aliphatic hydroxyl groups is 2. The van der Waals surface area contributed by atoms with Crippen LogP contribution < -0.4 is 11.2 Å². The zero-order valence-electron chi connectivity index (χ0n) is 13.9. The van der Waals surface area contributed by atoms with Gasteiger partial charge >= 0.3 is 5.69 Å². The minimum Gasteiger partial charge on any atom is -0.506 e. The third-order valence-electron chi connectivity index (χ3n) is 3.93. The summed E-state index contributed by atoms with van der Waals surface area (Å²) in [6.45, 7) is 0.631. The van der Waals surface area contributed by atoms with Crippen LogP contribution in [0, 0.1) is 0 Å². The molecule has 138 valence electrons. The number of benzene rings is 1. The van der Waals surface area contributed by atoms with Gasteiger partial charge in [0.2, 0.25) is 11.9 Å². The van der Waals surface area contributed by atoms with Crippen LogP contribution in [0.3, 0.4) is 0 Å². The summed E-state index contributed by atoms with van der Waals surface area (Å²) >= 11 is 0. The van der Waals surface area contributed by atoms with Gasteiger partial charge in [-0.25, -0.2) is 14.7 Å². The number of aromatic nitrogens is 2. The Morgan fingerprint density at radius 2 is 2.12 bits per heavy atom. The zero-order valence-corrected chi connectivity index (χ0v) is 13.9. The predicted octanol–water partition coefficient (Wildman–Crippen LogP) is 1.81. The number of hydrogen-bond donors (Lipinski definition) is 3. The Morgan fingerprint density at radius 3 is 2.73 bits per heavy atom. The standard InChI is InChI=1S/C17H18FN3O5/c1-17(18)14(23)12(9-22)26-15(17)21-8-7-13(19-16(21)24)20-25-10-11-5-3-2-4-6-11/h2-8,15,22-23H,9-10H2,1H3,(H,19,20,24)/t15-,17?/m1/s1. The van der Waals surface area contributed by atoms with Crippen LogP contribution in [0.1, 0.15) is 18.7 Å². The topological polar surface area (TPSA) is 106 Å². The van der Waals surface area contributed by atoms with Gasteiger partial charge in [-0.15, -0.1) is 0 Å². The number of rotatable bonds is 6. The molecule has 0 saturated heterocycles. The highest BCUT2D eigenvalue weighted by Crippen LogP contribution is 2.42. The van der Waals surface area contributed by atoms with E-state index < -0.39 is 30.0 Å². The minimum absolute atomic E-state index is 0.139. The summed E-state index contributed by atoms with van der Waals surface area (Å²) < 4.78 is 20.7. The van der Waals surface area contributed by atoms with Gasteiger partial charge in [0.1, 0.15) is 6.61 Å². The van der Waals surface area contributed by atoms with Crippen molar-refractivity contribution < 1.29 is 24.2 Å². The van der Waals surface area contributed by atoms with Gasteiger partial charge in [-0.05, 0) is 18.6 Å². The summed E-state index contributed by atoms with van der Waals surface area (Å²) in [6, 6.07) is 10.8. The fourth-order valence-corrected chi connectivity index (χ4v) is 2.54. The summed E-state index contributed by atoms with van der Waals surface area (Å²) in [4.78, 5) is 21.2. The second kappa shape index (κ2) is 7.14. The van der Waals surface area contributed by atoms with Crippen molar-refractivity contribution in [3.63, 3.8) is 0 Å². The largest absolute Gasteiger partial charge is 0.506 e. The smallest absolute Gasteiger partial charge is 0.352 e. The van der Waals surface area contributed by atoms with Crippen LogP contribution in [-0.4, -0.2) is 32.0 Å². The Labute approximate surface area is 148 Å². The first-order chi connectivity index (χ1) is 12.4. The molecule has 1 unspecified atom stereocenters. The number of aliphatic hydroxyl groups excluding tert-OH is 2. The average molecular weight is 363 g/mol. The molecule has 1 aromatic heterocycles. The molecule has 0 radical (unpaired) electrons. The zero-order chi connectivity index (χ0) is 18.7. The van der Waals surface area contributed by atoms with Crippen molar-refractivity contribution in [2.75, 3.05) is 12.1 Å². The fraction of sp³-hybridized carbons (Fsp3) is 0.294. The van der Waals surface area contributed by atoms with Gasteiger partial charge < -0.3 is 14.9 Å². The van der Waals surface area contributed by atoms with Gasteiger partial charge in [-0.2, -0.15) is 4.98 Å². The highest BCUT2D eigenvalue weighted by Gasteiger charge is 2.50. The Balaban J connectivity index is 1.70. The van der Waals surface area contributed by atoms with Crippen LogP contribution in [0.15, 0.2) is 58.9 Å². The van der Waals surface area contributed by atoms with E-state index in [0.29, 0.717) is 0 Å². The molecule has 0 fully saturated rings. The molecule has 1 aliphatic rings. The van der Waals surface area contributed by atoms with Gasteiger partial charge in [0, 0.05) is 6.20 Å². The van der Waals surface area contributed by atoms with Crippen LogP contribution in [0.4, 0.5) is 10.2 Å². The molecule has 0 aliphatic carbocycles. The summed E-state index contributed by atoms with van der Waals surface area (Å²) in [5.74, 6) is -0.925. The summed E-state index contributed by atoms with van der Waals surface area (Å²) in [6.07, 6.45) is -0.205. The van der Waals surface area contributed by atoms with Crippen LogP contribution in [0.25, 0.3) is 0 Å². The molecule has 26 heavy (non-hydrogen) atoms. The number of halogens is 1. The lowest BCUT2D eigenvalue weighted by Crippen LogP contribution is -2.37.